The molecule has 1 atom stereocenters. The Bertz CT molecular complexity index is 640. The Hall–Kier alpha value is -1.21. The molecule has 0 fully saturated rings. The minimum atomic E-state index is 0.523. The van der Waals surface area contributed by atoms with E-state index in [9.17, 15) is 0 Å². The van der Waals surface area contributed by atoms with E-state index in [1.165, 1.54) is 21.6 Å². The summed E-state index contributed by atoms with van der Waals surface area (Å²) >= 11 is 1.99. The van der Waals surface area contributed by atoms with Crippen molar-refractivity contribution in [2.24, 2.45) is 5.92 Å². The highest BCUT2D eigenvalue weighted by atomic mass is 32.2. The molecular formula is C19H22S. The molecule has 0 aromatic heterocycles. The van der Waals surface area contributed by atoms with E-state index in [1.54, 1.807) is 11.1 Å². The third-order valence-electron chi connectivity index (χ3n) is 4.28. The fourth-order valence-electron chi connectivity index (χ4n) is 3.41. The molecule has 0 amide bonds. The maximum atomic E-state index is 2.41. The molecule has 0 aliphatic carbocycles. The Morgan fingerprint density at radius 1 is 1.05 bits per heavy atom. The highest BCUT2D eigenvalue weighted by Gasteiger charge is 2.27. The molecule has 0 N–H and O–H groups in total. The fourth-order valence-corrected chi connectivity index (χ4v) is 4.64. The van der Waals surface area contributed by atoms with Crippen LogP contribution in [0.3, 0.4) is 0 Å². The number of rotatable bonds is 1. The van der Waals surface area contributed by atoms with E-state index in [0.717, 1.165) is 5.75 Å². The van der Waals surface area contributed by atoms with Crippen LogP contribution >= 0.6 is 11.8 Å². The van der Waals surface area contributed by atoms with E-state index >= 15 is 0 Å². The Morgan fingerprint density at radius 2 is 1.80 bits per heavy atom. The average Bonchev–Trinajstić information content (AvgIpc) is 2.54. The minimum Gasteiger partial charge on any atom is -0.121 e. The van der Waals surface area contributed by atoms with Gasteiger partial charge in [-0.1, -0.05) is 49.7 Å². The third kappa shape index (κ3) is 2.29. The average molecular weight is 282 g/mol. The van der Waals surface area contributed by atoms with Gasteiger partial charge in [0.05, 0.1) is 0 Å². The van der Waals surface area contributed by atoms with Gasteiger partial charge in [-0.05, 0) is 48.1 Å². The van der Waals surface area contributed by atoms with E-state index in [-0.39, 0.29) is 0 Å². The molecule has 2 aromatic rings. The summed E-state index contributed by atoms with van der Waals surface area (Å²) in [6, 6.07) is 13.7. The Kier molecular flexibility index (Phi) is 3.64. The summed E-state index contributed by atoms with van der Waals surface area (Å²) in [6.07, 6.45) is 0. The molecule has 0 radical (unpaired) electrons. The number of hydrogen-bond acceptors (Lipinski definition) is 1. The van der Waals surface area contributed by atoms with E-state index < -0.39 is 0 Å². The smallest absolute Gasteiger partial charge is 0.0237 e. The molecule has 0 saturated carbocycles. The molecular weight excluding hydrogens is 260 g/mol. The van der Waals surface area contributed by atoms with Crippen LogP contribution in [0.4, 0.5) is 0 Å². The first kappa shape index (κ1) is 13.8. The Balaban J connectivity index is 2.27. The van der Waals surface area contributed by atoms with Crippen LogP contribution in [0.2, 0.25) is 0 Å². The van der Waals surface area contributed by atoms with Gasteiger partial charge in [0.2, 0.25) is 0 Å². The lowest BCUT2D eigenvalue weighted by Gasteiger charge is -2.25. The van der Waals surface area contributed by atoms with Gasteiger partial charge in [-0.15, -0.1) is 11.8 Å². The third-order valence-corrected chi connectivity index (χ3v) is 5.40. The quantitative estimate of drug-likeness (QED) is 0.647. The van der Waals surface area contributed by atoms with Crippen LogP contribution in [0.25, 0.3) is 0 Å². The molecule has 3 rings (SSSR count). The zero-order valence-corrected chi connectivity index (χ0v) is 13.6. The van der Waals surface area contributed by atoms with Gasteiger partial charge in [0.1, 0.15) is 0 Å². The van der Waals surface area contributed by atoms with Crippen molar-refractivity contribution in [3.05, 3.63) is 64.2 Å². The topological polar surface area (TPSA) is 0 Å². The van der Waals surface area contributed by atoms with Crippen LogP contribution in [-0.4, -0.2) is 0 Å². The number of hydrogen-bond donors (Lipinski definition) is 0. The number of fused-ring (bicyclic) bond motifs is 2. The molecule has 0 nitrogen and oxygen atoms in total. The largest absolute Gasteiger partial charge is 0.121 e. The summed E-state index contributed by atoms with van der Waals surface area (Å²) in [6.45, 7) is 9.17. The summed E-state index contributed by atoms with van der Waals surface area (Å²) < 4.78 is 0. The van der Waals surface area contributed by atoms with Crippen molar-refractivity contribution in [3.8, 4) is 0 Å². The van der Waals surface area contributed by atoms with Crippen molar-refractivity contribution in [1.29, 1.82) is 0 Å². The van der Waals surface area contributed by atoms with Crippen molar-refractivity contribution in [2.75, 3.05) is 0 Å². The maximum absolute atomic E-state index is 2.41. The van der Waals surface area contributed by atoms with Gasteiger partial charge in [0.25, 0.3) is 0 Å². The maximum Gasteiger partial charge on any atom is 0.0237 e. The van der Waals surface area contributed by atoms with Crippen molar-refractivity contribution in [1.82, 2.24) is 0 Å². The second-order valence-electron chi connectivity index (χ2n) is 6.20. The lowest BCUT2D eigenvalue weighted by Crippen LogP contribution is -2.11. The molecule has 1 aliphatic rings. The molecule has 104 valence electrons. The first-order valence-electron chi connectivity index (χ1n) is 7.39. The van der Waals surface area contributed by atoms with Gasteiger partial charge in [0, 0.05) is 16.6 Å². The van der Waals surface area contributed by atoms with Crippen LogP contribution in [0.5, 0.6) is 0 Å². The lowest BCUT2D eigenvalue weighted by atomic mass is 9.79. The Morgan fingerprint density at radius 3 is 2.55 bits per heavy atom. The standard InChI is InChI=1S/C19H22S/c1-12(2)19-15-7-5-6-8-18(15)20-11-17-14(4)9-13(3)10-16(17)19/h5-10,12,19H,11H2,1-4H3. The fraction of sp³-hybridized carbons (Fsp3) is 0.368. The van der Waals surface area contributed by atoms with Gasteiger partial charge < -0.3 is 0 Å². The summed E-state index contributed by atoms with van der Waals surface area (Å²) in [5.41, 5.74) is 7.45. The molecule has 1 aliphatic heterocycles. The summed E-state index contributed by atoms with van der Waals surface area (Å²) in [5, 5.41) is 0. The van der Waals surface area contributed by atoms with Crippen LogP contribution in [0, 0.1) is 19.8 Å². The van der Waals surface area contributed by atoms with Gasteiger partial charge in [-0.25, -0.2) is 0 Å². The molecule has 1 heterocycles. The van der Waals surface area contributed by atoms with Crippen LogP contribution in [0.15, 0.2) is 41.3 Å². The number of benzene rings is 2. The first-order valence-corrected chi connectivity index (χ1v) is 8.38. The van der Waals surface area contributed by atoms with Crippen molar-refractivity contribution < 1.29 is 0 Å². The second-order valence-corrected chi connectivity index (χ2v) is 7.21. The van der Waals surface area contributed by atoms with Gasteiger partial charge in [-0.3, -0.25) is 0 Å². The SMILES string of the molecule is Cc1cc(C)c2c(c1)C(C(C)C)c1ccccc1SC2. The molecule has 0 saturated heterocycles. The van der Waals surface area contributed by atoms with E-state index in [1.807, 2.05) is 11.8 Å². The molecule has 20 heavy (non-hydrogen) atoms. The molecule has 1 unspecified atom stereocenters. The highest BCUT2D eigenvalue weighted by Crippen LogP contribution is 2.44. The minimum absolute atomic E-state index is 0.523. The van der Waals surface area contributed by atoms with E-state index in [0.29, 0.717) is 11.8 Å². The summed E-state index contributed by atoms with van der Waals surface area (Å²) in [5.74, 6) is 2.24. The zero-order chi connectivity index (χ0) is 14.3. The van der Waals surface area contributed by atoms with Gasteiger partial charge in [-0.2, -0.15) is 0 Å². The normalized spacial score (nSPS) is 17.6. The number of thioether (sulfide) groups is 1. The van der Waals surface area contributed by atoms with Crippen molar-refractivity contribution >= 4 is 11.8 Å². The van der Waals surface area contributed by atoms with Crippen LogP contribution in [0.1, 0.15) is 47.6 Å². The predicted octanol–water partition coefficient (Wildman–Crippen LogP) is 5.70. The lowest BCUT2D eigenvalue weighted by molar-refractivity contribution is 0.555. The second kappa shape index (κ2) is 5.29. The first-order chi connectivity index (χ1) is 9.58. The van der Waals surface area contributed by atoms with Crippen molar-refractivity contribution in [3.63, 3.8) is 0 Å². The van der Waals surface area contributed by atoms with E-state index in [2.05, 4.69) is 64.1 Å². The summed E-state index contributed by atoms with van der Waals surface area (Å²) in [7, 11) is 0. The monoisotopic (exact) mass is 282 g/mol. The number of aryl methyl sites for hydroxylation is 2. The van der Waals surface area contributed by atoms with Crippen LogP contribution < -0.4 is 0 Å². The molecule has 1 heteroatoms. The van der Waals surface area contributed by atoms with Gasteiger partial charge in [0.15, 0.2) is 0 Å². The predicted molar refractivity (Wildman–Crippen MR) is 88.6 cm³/mol. The molecule has 2 aromatic carbocycles. The van der Waals surface area contributed by atoms with Gasteiger partial charge >= 0.3 is 0 Å². The van der Waals surface area contributed by atoms with Crippen LogP contribution in [-0.2, 0) is 5.75 Å². The van der Waals surface area contributed by atoms with E-state index in [4.69, 9.17) is 0 Å². The Labute approximate surface area is 126 Å². The molecule has 0 bridgehead atoms. The molecule has 0 spiro atoms. The summed E-state index contributed by atoms with van der Waals surface area (Å²) in [4.78, 5) is 1.46. The highest BCUT2D eigenvalue weighted by molar-refractivity contribution is 7.98. The zero-order valence-electron chi connectivity index (χ0n) is 12.7. The van der Waals surface area contributed by atoms with Crippen molar-refractivity contribution in [2.45, 2.75) is 44.3 Å².